The monoisotopic (exact) mass is 430 g/mol. The van der Waals surface area contributed by atoms with E-state index in [-0.39, 0.29) is 20.0 Å². The molecule has 1 nitrogen and oxygen atoms in total. The van der Waals surface area contributed by atoms with Crippen molar-refractivity contribution in [1.82, 2.24) is 0 Å². The Balaban J connectivity index is 0.00000289. The predicted molar refractivity (Wildman–Crippen MR) is 138 cm³/mol. The second-order valence-electron chi connectivity index (χ2n) is 9.63. The summed E-state index contributed by atoms with van der Waals surface area (Å²) in [6, 6.07) is 20.3. The van der Waals surface area contributed by atoms with E-state index >= 15 is 0 Å². The van der Waals surface area contributed by atoms with Crippen LogP contribution in [-0.4, -0.2) is 11.7 Å². The first-order valence-corrected chi connectivity index (χ1v) is 12.4. The van der Waals surface area contributed by atoms with Crippen LogP contribution in [0.5, 0.6) is 0 Å². The number of hydrogen-bond donors (Lipinski definition) is 1. The van der Waals surface area contributed by atoms with Gasteiger partial charge in [0, 0.05) is 18.4 Å². The van der Waals surface area contributed by atoms with E-state index < -0.39 is 0 Å². The predicted octanol–water partition coefficient (Wildman–Crippen LogP) is 8.05. The minimum absolute atomic E-state index is 0. The summed E-state index contributed by atoms with van der Waals surface area (Å²) in [5, 5.41) is 9.97. The lowest BCUT2D eigenvalue weighted by atomic mass is 9.80. The molecule has 4 rings (SSSR count). The van der Waals surface area contributed by atoms with Crippen LogP contribution in [0, 0.1) is 11.8 Å². The zero-order valence-electron chi connectivity index (χ0n) is 19.3. The van der Waals surface area contributed by atoms with Crippen LogP contribution < -0.4 is 0 Å². The SMILES string of the molecule is C.CCC1=C(C(C)CO)C(Cc2ccccc2)C(Cc2ccc(C3CCCCC3)cc2)=C1. The second kappa shape index (κ2) is 11.7. The Bertz CT molecular complexity index is 897. The molecular formula is C31H42O. The van der Waals surface area contributed by atoms with Crippen molar-refractivity contribution in [2.45, 2.75) is 78.6 Å². The normalized spacial score (nSPS) is 20.1. The molecule has 0 amide bonds. The van der Waals surface area contributed by atoms with Crippen LogP contribution in [0.1, 0.15) is 82.4 Å². The van der Waals surface area contributed by atoms with Crippen molar-refractivity contribution in [3.05, 3.63) is 94.1 Å². The van der Waals surface area contributed by atoms with Crippen LogP contribution in [0.15, 0.2) is 77.4 Å². The summed E-state index contributed by atoms with van der Waals surface area (Å²) in [6.07, 6.45) is 12.4. The molecule has 0 aromatic heterocycles. The minimum atomic E-state index is 0. The summed E-state index contributed by atoms with van der Waals surface area (Å²) in [5.41, 5.74) is 8.75. The molecule has 2 aliphatic rings. The van der Waals surface area contributed by atoms with E-state index in [1.165, 1.54) is 65.5 Å². The van der Waals surface area contributed by atoms with Crippen molar-refractivity contribution in [1.29, 1.82) is 0 Å². The maximum Gasteiger partial charge on any atom is 0.0494 e. The summed E-state index contributed by atoms with van der Waals surface area (Å²) in [7, 11) is 0. The quantitative estimate of drug-likeness (QED) is 0.449. The van der Waals surface area contributed by atoms with Crippen molar-refractivity contribution < 1.29 is 5.11 Å². The highest BCUT2D eigenvalue weighted by atomic mass is 16.3. The molecule has 32 heavy (non-hydrogen) atoms. The Morgan fingerprint density at radius 1 is 0.906 bits per heavy atom. The molecule has 0 radical (unpaired) electrons. The lowest BCUT2D eigenvalue weighted by molar-refractivity contribution is 0.249. The Hall–Kier alpha value is -2.12. The molecule has 1 N–H and O–H groups in total. The van der Waals surface area contributed by atoms with Gasteiger partial charge >= 0.3 is 0 Å². The van der Waals surface area contributed by atoms with Crippen molar-refractivity contribution in [2.24, 2.45) is 11.8 Å². The molecule has 2 unspecified atom stereocenters. The topological polar surface area (TPSA) is 20.2 Å². The van der Waals surface area contributed by atoms with Gasteiger partial charge in [0.05, 0.1) is 0 Å². The summed E-state index contributed by atoms with van der Waals surface area (Å²) in [6.45, 7) is 4.65. The summed E-state index contributed by atoms with van der Waals surface area (Å²) < 4.78 is 0. The molecule has 172 valence electrons. The third kappa shape index (κ3) is 5.62. The average Bonchev–Trinajstić information content (AvgIpc) is 3.17. The number of benzene rings is 2. The van der Waals surface area contributed by atoms with Crippen LogP contribution >= 0.6 is 0 Å². The highest BCUT2D eigenvalue weighted by Gasteiger charge is 2.30. The van der Waals surface area contributed by atoms with Crippen molar-refractivity contribution in [2.75, 3.05) is 6.61 Å². The molecule has 0 saturated heterocycles. The van der Waals surface area contributed by atoms with Crippen LogP contribution in [0.2, 0.25) is 0 Å². The highest BCUT2D eigenvalue weighted by Crippen LogP contribution is 2.41. The fraction of sp³-hybridized carbons (Fsp3) is 0.484. The second-order valence-corrected chi connectivity index (χ2v) is 9.63. The molecule has 2 aromatic rings. The van der Waals surface area contributed by atoms with Gasteiger partial charge in [-0.15, -0.1) is 0 Å². The zero-order valence-corrected chi connectivity index (χ0v) is 19.3. The Morgan fingerprint density at radius 2 is 1.59 bits per heavy atom. The molecule has 0 spiro atoms. The first-order valence-electron chi connectivity index (χ1n) is 12.4. The molecule has 0 heterocycles. The fourth-order valence-electron chi connectivity index (χ4n) is 5.74. The number of allylic oxidation sites excluding steroid dienone is 3. The third-order valence-corrected chi connectivity index (χ3v) is 7.49. The van der Waals surface area contributed by atoms with Gasteiger partial charge in [0.25, 0.3) is 0 Å². The standard InChI is InChI=1S/C30H38O.CH4/c1-3-25-20-28(18-24-14-16-27(17-15-24)26-12-8-5-9-13-26)29(30(25)22(2)21-31)19-23-10-6-4-7-11-23;/h4,6-7,10-11,14-17,20,22,26,29,31H,3,5,8-9,12-13,18-19,21H2,1-2H3;1H4. The van der Waals surface area contributed by atoms with Crippen LogP contribution in [0.3, 0.4) is 0 Å². The maximum absolute atomic E-state index is 9.97. The fourth-order valence-corrected chi connectivity index (χ4v) is 5.74. The van der Waals surface area contributed by atoms with Crippen LogP contribution in [0.4, 0.5) is 0 Å². The van der Waals surface area contributed by atoms with Gasteiger partial charge in [-0.3, -0.25) is 0 Å². The molecule has 1 saturated carbocycles. The summed E-state index contributed by atoms with van der Waals surface area (Å²) >= 11 is 0. The molecular weight excluding hydrogens is 388 g/mol. The Morgan fingerprint density at radius 3 is 2.22 bits per heavy atom. The third-order valence-electron chi connectivity index (χ3n) is 7.49. The van der Waals surface area contributed by atoms with E-state index in [1.807, 2.05) is 0 Å². The van der Waals surface area contributed by atoms with E-state index in [2.05, 4.69) is 74.5 Å². The van der Waals surface area contributed by atoms with Gasteiger partial charge in [-0.2, -0.15) is 0 Å². The van der Waals surface area contributed by atoms with Gasteiger partial charge in [-0.25, -0.2) is 0 Å². The number of aliphatic hydroxyl groups excluding tert-OH is 1. The molecule has 1 heteroatoms. The van der Waals surface area contributed by atoms with E-state index in [0.29, 0.717) is 5.92 Å². The van der Waals surface area contributed by atoms with Gasteiger partial charge in [0.1, 0.15) is 0 Å². The number of aliphatic hydroxyl groups is 1. The van der Waals surface area contributed by atoms with Gasteiger partial charge in [-0.1, -0.05) is 112 Å². The summed E-state index contributed by atoms with van der Waals surface area (Å²) in [4.78, 5) is 0. The molecule has 0 bridgehead atoms. The van der Waals surface area contributed by atoms with Crippen molar-refractivity contribution in [3.8, 4) is 0 Å². The largest absolute Gasteiger partial charge is 0.396 e. The van der Waals surface area contributed by atoms with E-state index in [0.717, 1.165) is 25.2 Å². The molecule has 2 aliphatic carbocycles. The Labute approximate surface area is 196 Å². The first-order chi connectivity index (χ1) is 15.2. The molecule has 2 aromatic carbocycles. The van der Waals surface area contributed by atoms with E-state index in [9.17, 15) is 5.11 Å². The lowest BCUT2D eigenvalue weighted by Crippen LogP contribution is -2.17. The van der Waals surface area contributed by atoms with Crippen LogP contribution in [0.25, 0.3) is 0 Å². The average molecular weight is 431 g/mol. The zero-order chi connectivity index (χ0) is 21.6. The van der Waals surface area contributed by atoms with Gasteiger partial charge in [0.15, 0.2) is 0 Å². The number of rotatable bonds is 8. The van der Waals surface area contributed by atoms with Gasteiger partial charge in [0.2, 0.25) is 0 Å². The Kier molecular flexibility index (Phi) is 8.93. The van der Waals surface area contributed by atoms with Gasteiger partial charge in [-0.05, 0) is 60.3 Å². The number of hydrogen-bond acceptors (Lipinski definition) is 1. The minimum Gasteiger partial charge on any atom is -0.396 e. The maximum atomic E-state index is 9.97. The first kappa shape index (κ1) is 24.5. The molecule has 0 aliphatic heterocycles. The van der Waals surface area contributed by atoms with E-state index in [4.69, 9.17) is 0 Å². The smallest absolute Gasteiger partial charge is 0.0494 e. The lowest BCUT2D eigenvalue weighted by Gasteiger charge is -2.25. The van der Waals surface area contributed by atoms with E-state index in [1.54, 1.807) is 0 Å². The highest BCUT2D eigenvalue weighted by molar-refractivity contribution is 5.46. The van der Waals surface area contributed by atoms with Crippen molar-refractivity contribution in [3.63, 3.8) is 0 Å². The summed E-state index contributed by atoms with van der Waals surface area (Å²) in [5.74, 6) is 1.38. The van der Waals surface area contributed by atoms with Crippen molar-refractivity contribution >= 4 is 0 Å². The molecule has 1 fully saturated rings. The molecule has 2 atom stereocenters. The van der Waals surface area contributed by atoms with Crippen LogP contribution in [-0.2, 0) is 12.8 Å². The van der Waals surface area contributed by atoms with Gasteiger partial charge < -0.3 is 5.11 Å².